The first kappa shape index (κ1) is 14.5. The van der Waals surface area contributed by atoms with E-state index < -0.39 is 0 Å². The van der Waals surface area contributed by atoms with Crippen molar-refractivity contribution in [3.05, 3.63) is 42.1 Å². The van der Waals surface area contributed by atoms with Crippen molar-refractivity contribution in [3.8, 4) is 0 Å². The summed E-state index contributed by atoms with van der Waals surface area (Å²) in [5.41, 5.74) is 2.36. The van der Waals surface area contributed by atoms with E-state index in [1.807, 2.05) is 12.3 Å². The maximum Gasteiger partial charge on any atom is 0.0775 e. The average molecular weight is 284 g/mol. The summed E-state index contributed by atoms with van der Waals surface area (Å²) in [6.45, 7) is 5.36. The van der Waals surface area contributed by atoms with Gasteiger partial charge in [-0.2, -0.15) is 0 Å². The van der Waals surface area contributed by atoms with Crippen LogP contribution in [0.25, 0.3) is 10.9 Å². The molecular formula is C18H24N2O. The molecule has 0 spiro atoms. The van der Waals surface area contributed by atoms with Crippen LogP contribution in [0.1, 0.15) is 44.7 Å². The van der Waals surface area contributed by atoms with Crippen LogP contribution in [0.15, 0.2) is 36.5 Å². The van der Waals surface area contributed by atoms with E-state index in [4.69, 9.17) is 4.74 Å². The molecule has 3 unspecified atom stereocenters. The van der Waals surface area contributed by atoms with E-state index in [-0.39, 0.29) is 12.1 Å². The van der Waals surface area contributed by atoms with E-state index >= 15 is 0 Å². The minimum atomic E-state index is 0.230. The molecule has 1 N–H and O–H groups in total. The Balaban J connectivity index is 1.97. The van der Waals surface area contributed by atoms with Crippen molar-refractivity contribution >= 4 is 10.9 Å². The number of hydrogen-bond acceptors (Lipinski definition) is 3. The third-order valence-corrected chi connectivity index (χ3v) is 4.25. The number of rotatable bonds is 5. The van der Waals surface area contributed by atoms with Crippen molar-refractivity contribution in [3.63, 3.8) is 0 Å². The number of nitrogens with zero attached hydrogens (tertiary/aromatic N) is 1. The van der Waals surface area contributed by atoms with Crippen LogP contribution in [-0.2, 0) is 4.74 Å². The molecule has 1 aromatic heterocycles. The summed E-state index contributed by atoms with van der Waals surface area (Å²) in [5.74, 6) is 0. The molecule has 2 aromatic rings. The highest BCUT2D eigenvalue weighted by atomic mass is 16.5. The van der Waals surface area contributed by atoms with E-state index in [1.165, 1.54) is 10.9 Å². The van der Waals surface area contributed by atoms with Crippen molar-refractivity contribution in [2.75, 3.05) is 6.54 Å². The Labute approximate surface area is 126 Å². The van der Waals surface area contributed by atoms with Crippen LogP contribution < -0.4 is 5.32 Å². The molecule has 3 nitrogen and oxygen atoms in total. The monoisotopic (exact) mass is 284 g/mol. The standard InChI is InChI=1S/C18H24N2O/c1-3-11-19-18(16-10-9-13(2)21-16)15-8-4-6-14-7-5-12-20-17(14)15/h4-8,12-13,16,18-19H,3,9-11H2,1-2H3. The van der Waals surface area contributed by atoms with Crippen molar-refractivity contribution < 1.29 is 4.74 Å². The summed E-state index contributed by atoms with van der Waals surface area (Å²) < 4.78 is 6.13. The number of benzene rings is 1. The van der Waals surface area contributed by atoms with Crippen molar-refractivity contribution in [2.24, 2.45) is 0 Å². The molecule has 0 saturated carbocycles. The smallest absolute Gasteiger partial charge is 0.0775 e. The zero-order chi connectivity index (χ0) is 14.7. The predicted octanol–water partition coefficient (Wildman–Crippen LogP) is 3.84. The molecule has 3 heteroatoms. The van der Waals surface area contributed by atoms with Gasteiger partial charge in [-0.05, 0) is 44.4 Å². The van der Waals surface area contributed by atoms with Crippen LogP contribution in [0.4, 0.5) is 0 Å². The highest BCUT2D eigenvalue weighted by molar-refractivity contribution is 5.82. The molecule has 21 heavy (non-hydrogen) atoms. The summed E-state index contributed by atoms with van der Waals surface area (Å²) in [5, 5.41) is 4.87. The van der Waals surface area contributed by atoms with E-state index in [1.54, 1.807) is 0 Å². The molecule has 1 fully saturated rings. The number of pyridine rings is 1. The van der Waals surface area contributed by atoms with Crippen LogP contribution in [0.5, 0.6) is 0 Å². The van der Waals surface area contributed by atoms with Gasteiger partial charge in [0.15, 0.2) is 0 Å². The largest absolute Gasteiger partial charge is 0.373 e. The van der Waals surface area contributed by atoms with Gasteiger partial charge in [0.05, 0.1) is 23.8 Å². The number of nitrogens with one attached hydrogen (secondary N) is 1. The van der Waals surface area contributed by atoms with E-state index in [0.29, 0.717) is 6.10 Å². The molecule has 0 bridgehead atoms. The molecule has 0 amide bonds. The number of aromatic nitrogens is 1. The Morgan fingerprint density at radius 1 is 1.29 bits per heavy atom. The lowest BCUT2D eigenvalue weighted by Crippen LogP contribution is -2.33. The van der Waals surface area contributed by atoms with Crippen LogP contribution in [0.3, 0.4) is 0 Å². The summed E-state index contributed by atoms with van der Waals surface area (Å²) in [6, 6.07) is 10.8. The lowest BCUT2D eigenvalue weighted by molar-refractivity contribution is 0.0319. The Hall–Kier alpha value is -1.45. The summed E-state index contributed by atoms with van der Waals surface area (Å²) in [6.07, 6.45) is 5.87. The lowest BCUT2D eigenvalue weighted by Gasteiger charge is -2.26. The fourth-order valence-electron chi connectivity index (χ4n) is 3.20. The normalized spacial score (nSPS) is 23.5. The SMILES string of the molecule is CCCNC(c1cccc2cccnc12)C1CCC(C)O1. The van der Waals surface area contributed by atoms with Gasteiger partial charge in [-0.3, -0.25) is 4.98 Å². The third kappa shape index (κ3) is 3.09. The topological polar surface area (TPSA) is 34.2 Å². The molecule has 2 heterocycles. The summed E-state index contributed by atoms with van der Waals surface area (Å²) in [4.78, 5) is 4.61. The van der Waals surface area contributed by atoms with E-state index in [2.05, 4.69) is 48.4 Å². The molecule has 3 rings (SSSR count). The van der Waals surface area contributed by atoms with Gasteiger partial charge in [-0.15, -0.1) is 0 Å². The maximum atomic E-state index is 6.13. The van der Waals surface area contributed by atoms with Gasteiger partial charge in [-0.1, -0.05) is 31.2 Å². The zero-order valence-electron chi connectivity index (χ0n) is 12.9. The van der Waals surface area contributed by atoms with Crippen LogP contribution >= 0.6 is 0 Å². The summed E-state index contributed by atoms with van der Waals surface area (Å²) >= 11 is 0. The third-order valence-electron chi connectivity index (χ3n) is 4.25. The van der Waals surface area contributed by atoms with Gasteiger partial charge < -0.3 is 10.1 Å². The van der Waals surface area contributed by atoms with Crippen molar-refractivity contribution in [1.29, 1.82) is 0 Å². The average Bonchev–Trinajstić information content (AvgIpc) is 2.94. The number of para-hydroxylation sites is 1. The fraction of sp³-hybridized carbons (Fsp3) is 0.500. The Morgan fingerprint density at radius 2 is 2.14 bits per heavy atom. The van der Waals surface area contributed by atoms with E-state index in [9.17, 15) is 0 Å². The van der Waals surface area contributed by atoms with E-state index in [0.717, 1.165) is 31.3 Å². The van der Waals surface area contributed by atoms with Gasteiger partial charge in [0.2, 0.25) is 0 Å². The lowest BCUT2D eigenvalue weighted by atomic mass is 9.96. The van der Waals surface area contributed by atoms with Crippen molar-refractivity contribution in [2.45, 2.75) is 51.4 Å². The van der Waals surface area contributed by atoms with Gasteiger partial charge >= 0.3 is 0 Å². The fourth-order valence-corrected chi connectivity index (χ4v) is 3.20. The number of hydrogen-bond donors (Lipinski definition) is 1. The Morgan fingerprint density at radius 3 is 2.90 bits per heavy atom. The Kier molecular flexibility index (Phi) is 4.51. The van der Waals surface area contributed by atoms with Gasteiger partial charge in [0.1, 0.15) is 0 Å². The Bertz CT molecular complexity index is 593. The van der Waals surface area contributed by atoms with Crippen molar-refractivity contribution in [1.82, 2.24) is 10.3 Å². The second-order valence-corrected chi connectivity index (χ2v) is 5.92. The highest BCUT2D eigenvalue weighted by Crippen LogP contribution is 2.32. The first-order valence-electron chi connectivity index (χ1n) is 8.02. The molecule has 3 atom stereocenters. The van der Waals surface area contributed by atoms with Crippen LogP contribution in [0, 0.1) is 0 Å². The quantitative estimate of drug-likeness (QED) is 0.905. The summed E-state index contributed by atoms with van der Waals surface area (Å²) in [7, 11) is 0. The van der Waals surface area contributed by atoms with Gasteiger partial charge in [-0.25, -0.2) is 0 Å². The second-order valence-electron chi connectivity index (χ2n) is 5.92. The minimum Gasteiger partial charge on any atom is -0.373 e. The minimum absolute atomic E-state index is 0.230. The first-order valence-corrected chi connectivity index (χ1v) is 8.02. The van der Waals surface area contributed by atoms with Gasteiger partial charge in [0, 0.05) is 11.6 Å². The second kappa shape index (κ2) is 6.54. The van der Waals surface area contributed by atoms with Gasteiger partial charge in [0.25, 0.3) is 0 Å². The highest BCUT2D eigenvalue weighted by Gasteiger charge is 2.31. The molecule has 1 aromatic carbocycles. The molecule has 0 radical (unpaired) electrons. The molecular weight excluding hydrogens is 260 g/mol. The molecule has 1 aliphatic heterocycles. The zero-order valence-corrected chi connectivity index (χ0v) is 12.9. The predicted molar refractivity (Wildman–Crippen MR) is 86.3 cm³/mol. The molecule has 1 saturated heterocycles. The molecule has 1 aliphatic rings. The maximum absolute atomic E-state index is 6.13. The number of fused-ring (bicyclic) bond motifs is 1. The molecule has 0 aliphatic carbocycles. The first-order chi connectivity index (χ1) is 10.3. The van der Waals surface area contributed by atoms with Crippen LogP contribution in [0.2, 0.25) is 0 Å². The molecule has 112 valence electrons. The van der Waals surface area contributed by atoms with Crippen LogP contribution in [-0.4, -0.2) is 23.7 Å². The number of ether oxygens (including phenoxy) is 1.